The van der Waals surface area contributed by atoms with Gasteiger partial charge in [-0.3, -0.25) is 4.79 Å². The normalized spacial score (nSPS) is 37.1. The molecule has 9 atom stereocenters. The number of unbranched alkanes of at least 4 members (excludes halogenated alkanes) is 5. The molecule has 4 aliphatic heterocycles. The number of benzene rings is 1. The summed E-state index contributed by atoms with van der Waals surface area (Å²) in [5.41, 5.74) is 3.47. The molecule has 53 heavy (non-hydrogen) atoms. The maximum Gasteiger partial charge on any atom is 0.334 e. The number of epoxide rings is 3. The topological polar surface area (TPSA) is 110 Å². The minimum Gasteiger partial charge on any atom is -0.458 e. The molecule has 2 saturated carbocycles. The van der Waals surface area contributed by atoms with Crippen molar-refractivity contribution >= 4 is 35.0 Å². The summed E-state index contributed by atoms with van der Waals surface area (Å²) in [5.74, 6) is -0.00140. The number of aromatic amines is 1. The average molecular weight is 720 g/mol. The van der Waals surface area contributed by atoms with Gasteiger partial charge in [-0.25, -0.2) is 9.36 Å². The number of hydrogen-bond donors (Lipinski definition) is 1. The van der Waals surface area contributed by atoms with E-state index in [1.165, 1.54) is 22.9 Å². The van der Waals surface area contributed by atoms with E-state index in [4.69, 9.17) is 23.7 Å². The Morgan fingerprint density at radius 2 is 1.79 bits per heavy atom. The maximum absolute atomic E-state index is 13.6. The van der Waals surface area contributed by atoms with E-state index in [1.807, 2.05) is 0 Å². The van der Waals surface area contributed by atoms with Crippen molar-refractivity contribution in [2.75, 3.05) is 6.61 Å². The molecule has 1 N–H and O–H groups in total. The number of aryl methyl sites for hydroxylation is 1. The minimum atomic E-state index is -0.690. The lowest BCUT2D eigenvalue weighted by atomic mass is 9.46. The van der Waals surface area contributed by atoms with Gasteiger partial charge in [-0.05, 0) is 66.7 Å². The first-order valence-corrected chi connectivity index (χ1v) is 20.1. The predicted molar refractivity (Wildman–Crippen MR) is 197 cm³/mol. The van der Waals surface area contributed by atoms with E-state index in [0.29, 0.717) is 19.4 Å². The molecule has 7 aliphatic rings. The van der Waals surface area contributed by atoms with Gasteiger partial charge in [0.15, 0.2) is 24.1 Å². The third-order valence-corrected chi connectivity index (χ3v) is 14.4. The number of rotatable bonds is 13. The lowest BCUT2D eigenvalue weighted by Gasteiger charge is -2.53. The molecular formula is C44H51N2O7+. The number of esters is 2. The van der Waals surface area contributed by atoms with E-state index in [9.17, 15) is 9.59 Å². The minimum absolute atomic E-state index is 0.0747. The van der Waals surface area contributed by atoms with Gasteiger partial charge in [0.2, 0.25) is 0 Å². The number of cyclic esters (lactones) is 1. The molecule has 278 valence electrons. The van der Waals surface area contributed by atoms with Crippen LogP contribution in [-0.4, -0.2) is 64.7 Å². The smallest absolute Gasteiger partial charge is 0.334 e. The zero-order chi connectivity index (χ0) is 36.2. The second kappa shape index (κ2) is 12.1. The first kappa shape index (κ1) is 33.8. The van der Waals surface area contributed by atoms with Crippen molar-refractivity contribution < 1.29 is 37.8 Å². The molecule has 0 bridgehead atoms. The van der Waals surface area contributed by atoms with Crippen LogP contribution < -0.4 is 4.57 Å². The Balaban J connectivity index is 0.701. The highest BCUT2D eigenvalue weighted by Crippen LogP contribution is 2.83. The van der Waals surface area contributed by atoms with Crippen molar-refractivity contribution in [3.8, 4) is 0 Å². The number of H-pyrrole nitrogens is 1. The molecule has 2 spiro atoms. The quantitative estimate of drug-likeness (QED) is 0.0875. The molecule has 2 aromatic heterocycles. The van der Waals surface area contributed by atoms with Gasteiger partial charge in [0.05, 0.1) is 6.10 Å². The number of nitrogens with zero attached hydrogens (tertiary/aromatic N) is 1. The molecule has 3 saturated heterocycles. The van der Waals surface area contributed by atoms with Crippen molar-refractivity contribution in [1.82, 2.24) is 4.98 Å². The van der Waals surface area contributed by atoms with Gasteiger partial charge in [-0.15, -0.1) is 0 Å². The second-order valence-corrected chi connectivity index (χ2v) is 17.2. The number of para-hydroxylation sites is 1. The molecule has 1 unspecified atom stereocenters. The number of pyridine rings is 1. The Hall–Kier alpha value is -3.79. The molecular weight excluding hydrogens is 668 g/mol. The third-order valence-electron chi connectivity index (χ3n) is 14.4. The Labute approximate surface area is 311 Å². The van der Waals surface area contributed by atoms with Crippen molar-refractivity contribution in [1.29, 1.82) is 0 Å². The van der Waals surface area contributed by atoms with E-state index in [1.54, 1.807) is 0 Å². The molecule has 10 rings (SSSR count). The first-order chi connectivity index (χ1) is 25.7. The summed E-state index contributed by atoms with van der Waals surface area (Å²) in [6, 6.07) is 12.7. The fourth-order valence-electron chi connectivity index (χ4n) is 11.5. The summed E-state index contributed by atoms with van der Waals surface area (Å²) in [6.45, 7) is 8.02. The lowest BCUT2D eigenvalue weighted by molar-refractivity contribution is -0.697. The van der Waals surface area contributed by atoms with E-state index < -0.39 is 22.9 Å². The van der Waals surface area contributed by atoms with Crippen LogP contribution in [0.2, 0.25) is 0 Å². The maximum atomic E-state index is 13.6. The Morgan fingerprint density at radius 1 is 1.00 bits per heavy atom. The van der Waals surface area contributed by atoms with Crippen LogP contribution in [0.1, 0.15) is 96.1 Å². The fraction of sp³-hybridized carbons (Fsp3) is 0.568. The van der Waals surface area contributed by atoms with Crippen LogP contribution in [-0.2, 0) is 39.8 Å². The highest BCUT2D eigenvalue weighted by atomic mass is 16.8. The molecule has 3 aliphatic carbocycles. The van der Waals surface area contributed by atoms with Gasteiger partial charge < -0.3 is 28.7 Å². The molecule has 1 aromatic carbocycles. The zero-order valence-corrected chi connectivity index (χ0v) is 31.1. The zero-order valence-electron chi connectivity index (χ0n) is 31.1. The molecule has 6 heterocycles. The van der Waals surface area contributed by atoms with Gasteiger partial charge in [0.25, 0.3) is 0 Å². The first-order valence-electron chi connectivity index (χ1n) is 20.1. The van der Waals surface area contributed by atoms with Crippen molar-refractivity contribution in [3.63, 3.8) is 0 Å². The van der Waals surface area contributed by atoms with Gasteiger partial charge >= 0.3 is 11.9 Å². The van der Waals surface area contributed by atoms with Crippen LogP contribution in [0.25, 0.3) is 23.1 Å². The summed E-state index contributed by atoms with van der Waals surface area (Å²) < 4.78 is 34.4. The number of aromatic nitrogens is 2. The standard InChI is InChI=1S/C44H50N2O7/c1-27(2)42-37(52-42)38-44(53-38)41(3)20-17-31-32(26-49-39(31)48)33(41)24-35-43(44,51-35)40(42)50-36(47)14-8-6-4-5-7-11-21-46-22-18-28(19-23-46)15-16-29-25-45-34-13-10-9-12-30(29)34/h9-10,12-13,15-16,18-19,22-23,25,27,33,35,37-38,40H,4-8,11,14,17,20-21,24,26H2,1-3H3/p+1/t33?,35-,37-,38-,40+,41-,42-,43+,44+/m0/s1. The molecule has 3 aromatic rings. The lowest BCUT2D eigenvalue weighted by Crippen LogP contribution is -2.70. The molecule has 5 fully saturated rings. The van der Waals surface area contributed by atoms with Gasteiger partial charge in [-0.1, -0.05) is 70.4 Å². The highest BCUT2D eigenvalue weighted by molar-refractivity contribution is 5.92. The van der Waals surface area contributed by atoms with E-state index in [2.05, 4.69) is 97.5 Å². The predicted octanol–water partition coefficient (Wildman–Crippen LogP) is 7.02. The van der Waals surface area contributed by atoms with Crippen LogP contribution in [0.4, 0.5) is 0 Å². The average Bonchev–Trinajstić information content (AvgIpc) is 4.10. The van der Waals surface area contributed by atoms with Crippen LogP contribution in [0.5, 0.6) is 0 Å². The van der Waals surface area contributed by atoms with Crippen molar-refractivity contribution in [2.45, 2.75) is 133 Å². The fourth-order valence-corrected chi connectivity index (χ4v) is 11.5. The number of ether oxygens (including phenoxy) is 5. The van der Waals surface area contributed by atoms with Gasteiger partial charge in [-0.2, -0.15) is 0 Å². The Morgan fingerprint density at radius 3 is 2.62 bits per heavy atom. The molecule has 0 amide bonds. The van der Waals surface area contributed by atoms with Crippen LogP contribution in [0, 0.1) is 17.3 Å². The summed E-state index contributed by atoms with van der Waals surface area (Å²) in [5, 5.41) is 1.24. The van der Waals surface area contributed by atoms with Crippen LogP contribution in [0.3, 0.4) is 0 Å². The van der Waals surface area contributed by atoms with E-state index >= 15 is 0 Å². The summed E-state index contributed by atoms with van der Waals surface area (Å²) in [4.78, 5) is 29.4. The largest absolute Gasteiger partial charge is 0.458 e. The van der Waals surface area contributed by atoms with Crippen LogP contribution in [0.15, 0.2) is 66.1 Å². The summed E-state index contributed by atoms with van der Waals surface area (Å²) in [6.07, 6.45) is 19.1. The van der Waals surface area contributed by atoms with Gasteiger partial charge in [0.1, 0.15) is 36.6 Å². The Bertz CT molecular complexity index is 2030. The SMILES string of the molecule is CC(C)[C@]12O[C@H]1[C@@H]1O[C@]13[C@]1(O[C@H]1CC1C4=C(CC[C@@]13C)C(=O)OC4)[C@@H]2OC(=O)CCCCCCCC[n+]1ccc(/C=C/c2c[nH]c3ccccc23)cc1. The molecule has 0 radical (unpaired) electrons. The molecule has 9 nitrogen and oxygen atoms in total. The summed E-state index contributed by atoms with van der Waals surface area (Å²) >= 11 is 0. The highest BCUT2D eigenvalue weighted by Gasteiger charge is 3.01. The number of nitrogens with one attached hydrogen (secondary N) is 1. The second-order valence-electron chi connectivity index (χ2n) is 17.2. The van der Waals surface area contributed by atoms with E-state index in [0.717, 1.165) is 68.2 Å². The number of fused-ring (bicyclic) bond motifs is 5. The van der Waals surface area contributed by atoms with Crippen LogP contribution >= 0.6 is 0 Å². The monoisotopic (exact) mass is 719 g/mol. The van der Waals surface area contributed by atoms with E-state index in [-0.39, 0.29) is 47.5 Å². The van der Waals surface area contributed by atoms with Gasteiger partial charge in [0, 0.05) is 53.1 Å². The van der Waals surface area contributed by atoms with Crippen molar-refractivity contribution in [2.24, 2.45) is 17.3 Å². The molecule has 9 heteroatoms. The Kier molecular flexibility index (Phi) is 7.71. The third kappa shape index (κ3) is 4.82. The summed E-state index contributed by atoms with van der Waals surface area (Å²) in [7, 11) is 0. The van der Waals surface area contributed by atoms with Crippen molar-refractivity contribution in [3.05, 3.63) is 77.3 Å². The number of hydrogen-bond acceptors (Lipinski definition) is 7. The number of carbonyl (C=O) groups excluding carboxylic acids is 2. The number of carbonyl (C=O) groups is 2.